The van der Waals surface area contributed by atoms with E-state index < -0.39 is 12.0 Å². The van der Waals surface area contributed by atoms with Crippen molar-refractivity contribution in [2.75, 3.05) is 5.32 Å². The van der Waals surface area contributed by atoms with Crippen LogP contribution in [0.25, 0.3) is 0 Å². The second-order valence-electron chi connectivity index (χ2n) is 4.29. The standard InChI is InChI=1S/C11H16ClN3O2/c1-6(2)4-8(11(16)17)15-10-5-9(12)13-7(3)14-10/h5-6,8H,4H2,1-3H3,(H,16,17)(H,13,14,15). The Kier molecular flexibility index (Phi) is 4.69. The highest BCUT2D eigenvalue weighted by Gasteiger charge is 2.19. The Morgan fingerprint density at radius 2 is 2.18 bits per heavy atom. The molecule has 0 aliphatic rings. The number of halogens is 1. The largest absolute Gasteiger partial charge is 0.480 e. The fraction of sp³-hybridized carbons (Fsp3) is 0.545. The van der Waals surface area contributed by atoms with Crippen molar-refractivity contribution in [3.63, 3.8) is 0 Å². The van der Waals surface area contributed by atoms with E-state index in [1.54, 1.807) is 6.92 Å². The lowest BCUT2D eigenvalue weighted by Crippen LogP contribution is -2.31. The van der Waals surface area contributed by atoms with E-state index in [0.29, 0.717) is 23.2 Å². The van der Waals surface area contributed by atoms with Crippen LogP contribution < -0.4 is 5.32 Å². The minimum absolute atomic E-state index is 0.280. The molecule has 0 aromatic carbocycles. The molecule has 0 saturated carbocycles. The van der Waals surface area contributed by atoms with E-state index in [1.807, 2.05) is 13.8 Å². The molecule has 1 aromatic heterocycles. The maximum absolute atomic E-state index is 11.1. The summed E-state index contributed by atoms with van der Waals surface area (Å²) in [5, 5.41) is 12.2. The summed E-state index contributed by atoms with van der Waals surface area (Å²) in [6.45, 7) is 5.64. The van der Waals surface area contributed by atoms with E-state index in [2.05, 4.69) is 15.3 Å². The first-order chi connectivity index (χ1) is 7.88. The first kappa shape index (κ1) is 13.7. The van der Waals surface area contributed by atoms with Crippen molar-refractivity contribution in [3.8, 4) is 0 Å². The van der Waals surface area contributed by atoms with Gasteiger partial charge in [-0.3, -0.25) is 0 Å². The molecular weight excluding hydrogens is 242 g/mol. The molecule has 1 aromatic rings. The Morgan fingerprint density at radius 1 is 1.53 bits per heavy atom. The molecule has 0 aliphatic carbocycles. The zero-order valence-corrected chi connectivity index (χ0v) is 10.8. The number of nitrogens with one attached hydrogen (secondary N) is 1. The van der Waals surface area contributed by atoms with Crippen LogP contribution in [-0.2, 0) is 4.79 Å². The van der Waals surface area contributed by atoms with Gasteiger partial charge < -0.3 is 10.4 Å². The molecule has 1 heterocycles. The van der Waals surface area contributed by atoms with Crippen molar-refractivity contribution in [2.24, 2.45) is 5.92 Å². The van der Waals surface area contributed by atoms with Crippen LogP contribution in [0.4, 0.5) is 5.82 Å². The molecule has 2 N–H and O–H groups in total. The van der Waals surface area contributed by atoms with Gasteiger partial charge in [-0.1, -0.05) is 25.4 Å². The van der Waals surface area contributed by atoms with Crippen LogP contribution in [0.3, 0.4) is 0 Å². The lowest BCUT2D eigenvalue weighted by atomic mass is 10.0. The van der Waals surface area contributed by atoms with E-state index in [1.165, 1.54) is 6.07 Å². The van der Waals surface area contributed by atoms with Gasteiger partial charge in [0.05, 0.1) is 0 Å². The van der Waals surface area contributed by atoms with Crippen LogP contribution in [0, 0.1) is 12.8 Å². The van der Waals surface area contributed by atoms with Crippen LogP contribution in [0.2, 0.25) is 5.15 Å². The van der Waals surface area contributed by atoms with Crippen molar-refractivity contribution in [2.45, 2.75) is 33.2 Å². The van der Waals surface area contributed by atoms with Gasteiger partial charge >= 0.3 is 5.97 Å². The number of aryl methyl sites for hydroxylation is 1. The highest BCUT2D eigenvalue weighted by molar-refractivity contribution is 6.29. The predicted molar refractivity (Wildman–Crippen MR) is 66.3 cm³/mol. The third-order valence-electron chi connectivity index (χ3n) is 2.13. The number of rotatable bonds is 5. The average Bonchev–Trinajstić information content (AvgIpc) is 2.13. The van der Waals surface area contributed by atoms with E-state index in [-0.39, 0.29) is 5.92 Å². The van der Waals surface area contributed by atoms with Crippen LogP contribution in [0.15, 0.2) is 6.07 Å². The number of hydrogen-bond donors (Lipinski definition) is 2. The zero-order chi connectivity index (χ0) is 13.0. The molecule has 5 nitrogen and oxygen atoms in total. The third kappa shape index (κ3) is 4.56. The third-order valence-corrected chi connectivity index (χ3v) is 2.33. The first-order valence-electron chi connectivity index (χ1n) is 5.39. The summed E-state index contributed by atoms with van der Waals surface area (Å²) in [6.07, 6.45) is 0.524. The summed E-state index contributed by atoms with van der Waals surface area (Å²) in [4.78, 5) is 19.1. The Bertz CT molecular complexity index is 389. The second-order valence-corrected chi connectivity index (χ2v) is 4.68. The first-order valence-corrected chi connectivity index (χ1v) is 5.77. The van der Waals surface area contributed by atoms with Crippen LogP contribution >= 0.6 is 11.6 Å². The number of carboxylic acid groups (broad SMARTS) is 1. The van der Waals surface area contributed by atoms with Crippen LogP contribution in [-0.4, -0.2) is 27.1 Å². The van der Waals surface area contributed by atoms with Gasteiger partial charge in [0.2, 0.25) is 0 Å². The summed E-state index contributed by atoms with van der Waals surface area (Å²) in [5.41, 5.74) is 0. The Labute approximate surface area is 105 Å². The number of hydrogen-bond acceptors (Lipinski definition) is 4. The fourth-order valence-corrected chi connectivity index (χ4v) is 1.70. The number of carboxylic acids is 1. The molecule has 17 heavy (non-hydrogen) atoms. The highest BCUT2D eigenvalue weighted by Crippen LogP contribution is 2.15. The molecule has 0 saturated heterocycles. The quantitative estimate of drug-likeness (QED) is 0.792. The number of nitrogens with zero attached hydrogens (tertiary/aromatic N) is 2. The molecule has 0 radical (unpaired) electrons. The Balaban J connectivity index is 2.82. The summed E-state index contributed by atoms with van der Waals surface area (Å²) in [6, 6.07) is 0.852. The van der Waals surface area contributed by atoms with Gasteiger partial charge in [0.1, 0.15) is 22.8 Å². The van der Waals surface area contributed by atoms with Gasteiger partial charge in [0.15, 0.2) is 0 Å². The van der Waals surface area contributed by atoms with Gasteiger partial charge in [-0.2, -0.15) is 0 Å². The summed E-state index contributed by atoms with van der Waals surface area (Å²) < 4.78 is 0. The van der Waals surface area contributed by atoms with Gasteiger partial charge in [-0.25, -0.2) is 14.8 Å². The topological polar surface area (TPSA) is 75.1 Å². The molecule has 0 bridgehead atoms. The van der Waals surface area contributed by atoms with E-state index >= 15 is 0 Å². The molecule has 0 spiro atoms. The fourth-order valence-electron chi connectivity index (χ4n) is 1.48. The normalized spacial score (nSPS) is 12.5. The Morgan fingerprint density at radius 3 is 2.65 bits per heavy atom. The van der Waals surface area contributed by atoms with Crippen molar-refractivity contribution in [1.82, 2.24) is 9.97 Å². The molecule has 1 rings (SSSR count). The van der Waals surface area contributed by atoms with Gasteiger partial charge in [0.25, 0.3) is 0 Å². The molecule has 94 valence electrons. The van der Waals surface area contributed by atoms with Crippen molar-refractivity contribution < 1.29 is 9.90 Å². The van der Waals surface area contributed by atoms with E-state index in [9.17, 15) is 4.79 Å². The van der Waals surface area contributed by atoms with Crippen LogP contribution in [0.1, 0.15) is 26.1 Å². The highest BCUT2D eigenvalue weighted by atomic mass is 35.5. The Hall–Kier alpha value is -1.36. The maximum atomic E-state index is 11.1. The maximum Gasteiger partial charge on any atom is 0.326 e. The van der Waals surface area contributed by atoms with Crippen molar-refractivity contribution in [1.29, 1.82) is 0 Å². The SMILES string of the molecule is Cc1nc(Cl)cc(NC(CC(C)C)C(=O)O)n1. The van der Waals surface area contributed by atoms with Crippen molar-refractivity contribution >= 4 is 23.4 Å². The molecular formula is C11H16ClN3O2. The monoisotopic (exact) mass is 257 g/mol. The summed E-state index contributed by atoms with van der Waals surface area (Å²) in [5.74, 6) is 0.331. The lowest BCUT2D eigenvalue weighted by Gasteiger charge is -2.17. The minimum atomic E-state index is -0.897. The molecule has 1 atom stereocenters. The average molecular weight is 258 g/mol. The second kappa shape index (κ2) is 5.82. The van der Waals surface area contributed by atoms with Crippen LogP contribution in [0.5, 0.6) is 0 Å². The smallest absolute Gasteiger partial charge is 0.326 e. The van der Waals surface area contributed by atoms with E-state index in [4.69, 9.17) is 16.7 Å². The molecule has 6 heteroatoms. The lowest BCUT2D eigenvalue weighted by molar-refractivity contribution is -0.138. The number of aromatic nitrogens is 2. The minimum Gasteiger partial charge on any atom is -0.480 e. The predicted octanol–water partition coefficient (Wildman–Crippen LogP) is 2.35. The zero-order valence-electron chi connectivity index (χ0n) is 10.1. The van der Waals surface area contributed by atoms with Gasteiger partial charge in [-0.05, 0) is 19.3 Å². The van der Waals surface area contributed by atoms with E-state index in [0.717, 1.165) is 0 Å². The van der Waals surface area contributed by atoms with Crippen molar-refractivity contribution in [3.05, 3.63) is 17.0 Å². The van der Waals surface area contributed by atoms with Gasteiger partial charge in [0, 0.05) is 6.07 Å². The van der Waals surface area contributed by atoms with Gasteiger partial charge in [-0.15, -0.1) is 0 Å². The molecule has 0 fully saturated rings. The number of anilines is 1. The number of aliphatic carboxylic acids is 1. The molecule has 1 unspecified atom stereocenters. The molecule has 0 amide bonds. The summed E-state index contributed by atoms with van der Waals surface area (Å²) >= 11 is 5.78. The molecule has 0 aliphatic heterocycles. The summed E-state index contributed by atoms with van der Waals surface area (Å²) in [7, 11) is 0. The number of carbonyl (C=O) groups is 1.